The molecule has 0 spiro atoms. The molecule has 0 fully saturated rings. The van der Waals surface area contributed by atoms with Crippen LogP contribution in [-0.2, 0) is 16.4 Å². The second-order valence-corrected chi connectivity index (χ2v) is 5.30. The summed E-state index contributed by atoms with van der Waals surface area (Å²) in [4.78, 5) is 11.4. The molecule has 1 aromatic rings. The van der Waals surface area contributed by atoms with Gasteiger partial charge in [-0.15, -0.1) is 0 Å². The van der Waals surface area contributed by atoms with Gasteiger partial charge in [-0.05, 0) is 17.4 Å². The van der Waals surface area contributed by atoms with Crippen LogP contribution in [0.3, 0.4) is 0 Å². The van der Waals surface area contributed by atoms with Crippen molar-refractivity contribution in [2.75, 3.05) is 12.0 Å². The Hall–Kier alpha value is -1.44. The van der Waals surface area contributed by atoms with E-state index in [1.54, 1.807) is 13.0 Å². The van der Waals surface area contributed by atoms with Crippen molar-refractivity contribution in [1.82, 2.24) is 19.8 Å². The molecule has 0 amide bonds. The Morgan fingerprint density at radius 1 is 1.40 bits per heavy atom. The molecule has 0 atom stereocenters. The monoisotopic (exact) mass is 232 g/mol. The molecule has 0 unspecified atom stereocenters. The summed E-state index contributed by atoms with van der Waals surface area (Å²) in [6, 6.07) is 0. The minimum Gasteiger partial charge on any atom is -0.244 e. The standard InChI is InChI=1S/C7H12N4O3S/c1-3-4-10-7(12)11(9-8-10)5-6-15(2,13)14/h3-4H,5-6H2,1-2H3/b4-3-. The summed E-state index contributed by atoms with van der Waals surface area (Å²) in [5.74, 6) is -0.124. The number of tetrazole rings is 1. The molecule has 0 aromatic carbocycles. The highest BCUT2D eigenvalue weighted by Crippen LogP contribution is 1.85. The van der Waals surface area contributed by atoms with Crippen molar-refractivity contribution in [3.63, 3.8) is 0 Å². The van der Waals surface area contributed by atoms with Crippen LogP contribution in [-0.4, -0.2) is 40.2 Å². The molecule has 1 aromatic heterocycles. The highest BCUT2D eigenvalue weighted by Gasteiger charge is 2.07. The van der Waals surface area contributed by atoms with Crippen molar-refractivity contribution in [3.05, 3.63) is 16.6 Å². The average Bonchev–Trinajstić information content (AvgIpc) is 2.45. The van der Waals surface area contributed by atoms with Crippen LogP contribution in [0.1, 0.15) is 6.92 Å². The van der Waals surface area contributed by atoms with Crippen LogP contribution < -0.4 is 5.69 Å². The molecule has 7 nitrogen and oxygen atoms in total. The molecule has 0 radical (unpaired) electrons. The lowest BCUT2D eigenvalue weighted by molar-refractivity contribution is 0.574. The van der Waals surface area contributed by atoms with Crippen LogP contribution in [0, 0.1) is 0 Å². The molecule has 8 heteroatoms. The Balaban J connectivity index is 2.85. The lowest BCUT2D eigenvalue weighted by Crippen LogP contribution is -2.25. The number of allylic oxidation sites excluding steroid dienone is 1. The van der Waals surface area contributed by atoms with Gasteiger partial charge in [0.05, 0.1) is 12.3 Å². The first-order valence-corrected chi connectivity index (χ1v) is 6.33. The zero-order valence-electron chi connectivity index (χ0n) is 8.49. The van der Waals surface area contributed by atoms with Crippen LogP contribution >= 0.6 is 0 Å². The molecule has 0 bridgehead atoms. The van der Waals surface area contributed by atoms with E-state index >= 15 is 0 Å². The van der Waals surface area contributed by atoms with Gasteiger partial charge in [0.25, 0.3) is 0 Å². The second-order valence-electron chi connectivity index (χ2n) is 3.04. The molecule has 1 heterocycles. The molecule has 15 heavy (non-hydrogen) atoms. The molecule has 0 aliphatic rings. The van der Waals surface area contributed by atoms with Crippen LogP contribution in [0.15, 0.2) is 10.9 Å². The SMILES string of the molecule is C/C=C\n1nnn(CCS(C)(=O)=O)c1=O. The van der Waals surface area contributed by atoms with E-state index in [1.807, 2.05) is 0 Å². The average molecular weight is 232 g/mol. The van der Waals surface area contributed by atoms with E-state index in [0.29, 0.717) is 0 Å². The number of aryl methyl sites for hydroxylation is 1. The van der Waals surface area contributed by atoms with Crippen LogP contribution in [0.4, 0.5) is 0 Å². The fourth-order valence-electron chi connectivity index (χ4n) is 0.914. The van der Waals surface area contributed by atoms with Gasteiger partial charge < -0.3 is 0 Å². The smallest absolute Gasteiger partial charge is 0.244 e. The molecule has 1 rings (SSSR count). The van der Waals surface area contributed by atoms with Crippen molar-refractivity contribution >= 4 is 16.0 Å². The number of aromatic nitrogens is 4. The third-order valence-corrected chi connectivity index (χ3v) is 2.55. The van der Waals surface area contributed by atoms with E-state index in [-0.39, 0.29) is 12.3 Å². The largest absolute Gasteiger partial charge is 0.367 e. The van der Waals surface area contributed by atoms with E-state index in [2.05, 4.69) is 10.4 Å². The Morgan fingerprint density at radius 2 is 2.07 bits per heavy atom. The van der Waals surface area contributed by atoms with Gasteiger partial charge in [0, 0.05) is 12.5 Å². The van der Waals surface area contributed by atoms with Gasteiger partial charge in [0.15, 0.2) is 0 Å². The van der Waals surface area contributed by atoms with Crippen LogP contribution in [0.25, 0.3) is 6.20 Å². The van der Waals surface area contributed by atoms with Gasteiger partial charge in [-0.3, -0.25) is 0 Å². The summed E-state index contributed by atoms with van der Waals surface area (Å²) in [6.07, 6.45) is 4.19. The molecule has 84 valence electrons. The van der Waals surface area contributed by atoms with Crippen molar-refractivity contribution < 1.29 is 8.42 Å². The first-order valence-electron chi connectivity index (χ1n) is 4.27. The number of nitrogens with zero attached hydrogens (tertiary/aromatic N) is 4. The van der Waals surface area contributed by atoms with Gasteiger partial charge >= 0.3 is 5.69 Å². The van der Waals surface area contributed by atoms with Gasteiger partial charge in [0.2, 0.25) is 0 Å². The third kappa shape index (κ3) is 3.31. The van der Waals surface area contributed by atoms with E-state index in [9.17, 15) is 13.2 Å². The predicted octanol–water partition coefficient (Wildman–Crippen LogP) is -1.02. The minimum atomic E-state index is -3.10. The van der Waals surface area contributed by atoms with Crippen molar-refractivity contribution in [3.8, 4) is 0 Å². The minimum absolute atomic E-state index is 0.0230. The fraction of sp³-hybridized carbons (Fsp3) is 0.571. The molecule has 0 N–H and O–H groups in total. The van der Waals surface area contributed by atoms with E-state index < -0.39 is 15.5 Å². The topological polar surface area (TPSA) is 86.8 Å². The Labute approximate surface area is 86.9 Å². The van der Waals surface area contributed by atoms with Gasteiger partial charge in [-0.2, -0.15) is 9.36 Å². The molecular formula is C7H12N4O3S. The van der Waals surface area contributed by atoms with Gasteiger partial charge in [0.1, 0.15) is 9.84 Å². The predicted molar refractivity (Wildman–Crippen MR) is 55.0 cm³/mol. The zero-order valence-corrected chi connectivity index (χ0v) is 9.31. The number of hydrogen-bond donors (Lipinski definition) is 0. The molecule has 0 saturated carbocycles. The first-order chi connectivity index (χ1) is 6.94. The highest BCUT2D eigenvalue weighted by molar-refractivity contribution is 7.90. The summed E-state index contributed by atoms with van der Waals surface area (Å²) in [5, 5.41) is 7.08. The Morgan fingerprint density at radius 3 is 2.60 bits per heavy atom. The highest BCUT2D eigenvalue weighted by atomic mass is 32.2. The quantitative estimate of drug-likeness (QED) is 0.662. The van der Waals surface area contributed by atoms with E-state index in [0.717, 1.165) is 15.6 Å². The Kier molecular flexibility index (Phi) is 3.40. The summed E-state index contributed by atoms with van der Waals surface area (Å²) in [6.45, 7) is 1.76. The van der Waals surface area contributed by atoms with Crippen LogP contribution in [0.5, 0.6) is 0 Å². The maximum absolute atomic E-state index is 11.4. The summed E-state index contributed by atoms with van der Waals surface area (Å²) in [7, 11) is -3.10. The van der Waals surface area contributed by atoms with Gasteiger partial charge in [-0.1, -0.05) is 6.08 Å². The lowest BCUT2D eigenvalue weighted by Gasteiger charge is -1.95. The molecule has 0 aliphatic heterocycles. The van der Waals surface area contributed by atoms with Crippen LogP contribution in [0.2, 0.25) is 0 Å². The van der Waals surface area contributed by atoms with E-state index in [4.69, 9.17) is 0 Å². The van der Waals surface area contributed by atoms with Crippen molar-refractivity contribution in [2.24, 2.45) is 0 Å². The summed E-state index contributed by atoms with van der Waals surface area (Å²) < 4.78 is 23.8. The summed E-state index contributed by atoms with van der Waals surface area (Å²) in [5.41, 5.74) is -0.447. The normalized spacial score (nSPS) is 12.4. The Bertz CT molecular complexity index is 511. The van der Waals surface area contributed by atoms with Crippen molar-refractivity contribution in [2.45, 2.75) is 13.5 Å². The number of hydrogen-bond acceptors (Lipinski definition) is 5. The lowest BCUT2D eigenvalue weighted by atomic mass is 10.7. The molecule has 0 saturated heterocycles. The third-order valence-electron chi connectivity index (χ3n) is 1.63. The van der Waals surface area contributed by atoms with Gasteiger partial charge in [-0.25, -0.2) is 13.2 Å². The number of sulfone groups is 1. The van der Waals surface area contributed by atoms with E-state index in [1.165, 1.54) is 6.20 Å². The molecule has 0 aliphatic carbocycles. The fourth-order valence-corrected chi connectivity index (χ4v) is 1.42. The maximum Gasteiger partial charge on any atom is 0.367 e. The molecular weight excluding hydrogens is 220 g/mol. The number of rotatable bonds is 4. The first kappa shape index (κ1) is 11.6. The summed E-state index contributed by atoms with van der Waals surface area (Å²) >= 11 is 0. The van der Waals surface area contributed by atoms with Crippen molar-refractivity contribution in [1.29, 1.82) is 0 Å². The second kappa shape index (κ2) is 4.39. The maximum atomic E-state index is 11.4. The zero-order chi connectivity index (χ0) is 11.5.